The predicted octanol–water partition coefficient (Wildman–Crippen LogP) is 39.2. The maximum absolute atomic E-state index is 4.96. The lowest BCUT2D eigenvalue weighted by atomic mass is 9.60. The van der Waals surface area contributed by atoms with Gasteiger partial charge in [0, 0.05) is 0 Å². The van der Waals surface area contributed by atoms with Crippen LogP contribution < -0.4 is 0 Å². The molecule has 9 fully saturated rings. The Labute approximate surface area is 733 Å². The van der Waals surface area contributed by atoms with Crippen molar-refractivity contribution >= 4 is 0 Å². The lowest BCUT2D eigenvalue weighted by Crippen LogP contribution is -2.35. The van der Waals surface area contributed by atoms with Crippen molar-refractivity contribution in [1.29, 1.82) is 0 Å². The van der Waals surface area contributed by atoms with E-state index in [9.17, 15) is 0 Å². The van der Waals surface area contributed by atoms with Crippen molar-refractivity contribution in [3.05, 3.63) is 0 Å². The zero-order chi connectivity index (χ0) is 90.7. The van der Waals surface area contributed by atoms with Gasteiger partial charge in [0.25, 0.3) is 0 Å². The van der Waals surface area contributed by atoms with Gasteiger partial charge in [0.15, 0.2) is 0 Å². The van der Waals surface area contributed by atoms with Gasteiger partial charge in [0.05, 0.1) is 5.41 Å². The number of rotatable bonds is 5. The molecule has 9 aliphatic rings. The smallest absolute Gasteiger partial charge is 0.0872 e. The Kier molecular flexibility index (Phi) is 53.7. The first-order chi connectivity index (χ1) is 51.8. The molecule has 0 aliphatic heterocycles. The van der Waals surface area contributed by atoms with Crippen molar-refractivity contribution in [2.24, 2.45) is 159 Å². The second-order valence-corrected chi connectivity index (χ2v) is 53.2. The van der Waals surface area contributed by atoms with E-state index in [0.717, 1.165) is 82.9 Å². The molecule has 9 saturated carbocycles. The van der Waals surface area contributed by atoms with Crippen LogP contribution in [0.3, 0.4) is 0 Å². The second-order valence-electron chi connectivity index (χ2n) is 53.2. The molecule has 0 aromatic carbocycles. The summed E-state index contributed by atoms with van der Waals surface area (Å²) in [6, 6.07) is 0. The Balaban J connectivity index is -0.00000119. The van der Waals surface area contributed by atoms with Crippen molar-refractivity contribution in [2.75, 3.05) is 0 Å². The molecule has 0 spiro atoms. The van der Waals surface area contributed by atoms with Crippen molar-refractivity contribution in [3.8, 4) is 36.0 Å². The summed E-state index contributed by atoms with van der Waals surface area (Å²) in [7, 11) is 0. The Morgan fingerprint density at radius 3 is 1.07 bits per heavy atom. The number of terminal acetylenes is 1. The minimum atomic E-state index is -0.263. The molecule has 0 bridgehead atoms. The first-order valence-corrected chi connectivity index (χ1v) is 50.2. The molecule has 9 aliphatic carbocycles. The normalized spacial score (nSPS) is 31.1. The molecule has 14 atom stereocenters. The molecular formula is C115H224. The first-order valence-electron chi connectivity index (χ1n) is 50.2. The van der Waals surface area contributed by atoms with E-state index in [0.29, 0.717) is 70.4 Å². The topological polar surface area (TPSA) is 0 Å². The van der Waals surface area contributed by atoms with Gasteiger partial charge in [-0.1, -0.05) is 406 Å². The number of hydrogen-bond donors (Lipinski definition) is 0. The fourth-order valence-corrected chi connectivity index (χ4v) is 21.0. The van der Waals surface area contributed by atoms with Crippen LogP contribution in [0, 0.1) is 195 Å². The van der Waals surface area contributed by atoms with Crippen LogP contribution in [0.15, 0.2) is 0 Å². The highest BCUT2D eigenvalue weighted by Crippen LogP contribution is 2.52. The van der Waals surface area contributed by atoms with E-state index in [1.54, 1.807) is 6.92 Å². The van der Waals surface area contributed by atoms with Gasteiger partial charge in [0.2, 0.25) is 0 Å². The van der Waals surface area contributed by atoms with Crippen LogP contribution in [0.4, 0.5) is 0 Å². The molecule has 0 saturated heterocycles. The summed E-state index contributed by atoms with van der Waals surface area (Å²) in [4.78, 5) is 0. The average molecular weight is 1610 g/mol. The van der Waals surface area contributed by atoms with Crippen molar-refractivity contribution < 1.29 is 0 Å². The van der Waals surface area contributed by atoms with Crippen LogP contribution in [-0.4, -0.2) is 0 Å². The quantitative estimate of drug-likeness (QED) is 0.241. The maximum Gasteiger partial charge on any atom is 0.0872 e. The van der Waals surface area contributed by atoms with Crippen LogP contribution in [0.2, 0.25) is 0 Å². The fraction of sp³-hybridized carbons (Fsp3) is 0.948. The van der Waals surface area contributed by atoms with Gasteiger partial charge in [-0.2, -0.15) is 0 Å². The third kappa shape index (κ3) is 54.1. The average Bonchev–Trinajstić information content (AvgIpc) is 0.809. The summed E-state index contributed by atoms with van der Waals surface area (Å²) >= 11 is 0. The maximum atomic E-state index is 4.96. The van der Waals surface area contributed by atoms with Gasteiger partial charge in [-0.15, -0.1) is 12.3 Å². The lowest BCUT2D eigenvalue weighted by molar-refractivity contribution is 0.0520. The van der Waals surface area contributed by atoms with Crippen LogP contribution in [0.5, 0.6) is 0 Å². The van der Waals surface area contributed by atoms with Gasteiger partial charge < -0.3 is 0 Å². The summed E-state index contributed by atoms with van der Waals surface area (Å²) in [6.45, 7) is 110. The SMILES string of the molecule is C#CC#CC(C)(C)C#CC.CC(C)(C)C.CC1(C)CCC(C)(C)CC1.CC1(C)CCCC(C)(C)C1.CC1(C)CCCCC1(C)C.CC1CC(C)CC(C)(C)C1.CC1CCC(C)(C)C(C)C1.CC1CCC(C)(C)CC1C.CC1CCC(C)C(C)(C)C1.CC1CCCC(C)(C)C1C.CC1CCCC(C)C1(C)C.CCCC(C)C(C)CCC. The predicted molar refractivity (Wildman–Crippen MR) is 531 cm³/mol. The molecule has 0 nitrogen and oxygen atoms in total. The summed E-state index contributed by atoms with van der Waals surface area (Å²) < 4.78 is 0. The van der Waals surface area contributed by atoms with E-state index in [1.807, 2.05) is 13.8 Å². The molecule has 0 amide bonds. The summed E-state index contributed by atoms with van der Waals surface area (Å²) in [6.07, 6.45) is 53.4. The van der Waals surface area contributed by atoms with E-state index < -0.39 is 0 Å². The van der Waals surface area contributed by atoms with Gasteiger partial charge >= 0.3 is 0 Å². The van der Waals surface area contributed by atoms with Crippen LogP contribution in [-0.2, 0) is 0 Å². The van der Waals surface area contributed by atoms with Crippen LogP contribution in [0.25, 0.3) is 0 Å². The Morgan fingerprint density at radius 1 is 0.339 bits per heavy atom. The zero-order valence-electron chi connectivity index (χ0n) is 89.2. The Morgan fingerprint density at radius 2 is 0.774 bits per heavy atom. The molecule has 0 N–H and O–H groups in total. The summed E-state index contributed by atoms with van der Waals surface area (Å²) in [5, 5.41) is 0. The molecule has 0 aromatic heterocycles. The van der Waals surface area contributed by atoms with E-state index in [4.69, 9.17) is 6.42 Å². The van der Waals surface area contributed by atoms with Crippen molar-refractivity contribution in [3.63, 3.8) is 0 Å². The third-order valence-electron chi connectivity index (χ3n) is 32.4. The monoisotopic (exact) mass is 1610 g/mol. The summed E-state index contributed by atoms with van der Waals surface area (Å²) in [5.41, 5.74) is 7.56. The Bertz CT molecular complexity index is 2560. The highest BCUT2D eigenvalue weighted by Gasteiger charge is 2.41. The summed E-state index contributed by atoms with van der Waals surface area (Å²) in [5.74, 6) is 26.6. The second kappa shape index (κ2) is 52.5. The van der Waals surface area contributed by atoms with Gasteiger partial charge in [0.1, 0.15) is 0 Å². The molecule has 684 valence electrons. The Hall–Kier alpha value is -1.32. The van der Waals surface area contributed by atoms with E-state index >= 15 is 0 Å². The standard InChI is InChI=1S/9C10H20.C10H10.C10H22.C5H12/c1-8-5-9(2)7-10(3,4)6-8;1-9(2)5-7-10(3,4)8-6-9;1-8-5-6-10(3,4)7-9(8)2;1-8-5-6-10(3,4)9(2)7-8;1-8-5-6-9(2)10(3,4)7-8;1-9(2)6-5-7-10(3,4)8-9;1-9(2)7-5-6-8-10(9,3)4;1-8-6-5-7-10(3,4)9(8)2;1-8-6-5-7-9(2)10(8,3)4;1-5-7-9-10(3,4)8-6-2;1-5-7-9(3)10(4)8-6-2;1-5(2,3)4/h8-9H,5-7H2,1-4H3;5-8H2,1-4H3;3*8-9H,5-7H2,1-4H3;2*5-8H2,1-4H3;2*8-9H,5-7H2,1-4H3;1H,2-4H3;9-10H,5-8H2,1-4H3;1-4H3. The minimum absolute atomic E-state index is 0.263. The van der Waals surface area contributed by atoms with Crippen molar-refractivity contribution in [2.45, 2.75) is 544 Å². The van der Waals surface area contributed by atoms with Gasteiger partial charge in [-0.05, 0) is 314 Å². The molecule has 0 radical (unpaired) electrons. The molecule has 115 heavy (non-hydrogen) atoms. The molecular weight excluding hydrogens is 1380 g/mol. The molecule has 14 unspecified atom stereocenters. The highest BCUT2D eigenvalue weighted by molar-refractivity contribution is 5.30. The molecule has 0 heteroatoms. The minimum Gasteiger partial charge on any atom is -0.106 e. The van der Waals surface area contributed by atoms with Crippen LogP contribution >= 0.6 is 0 Å². The van der Waals surface area contributed by atoms with Crippen LogP contribution in [0.1, 0.15) is 544 Å². The van der Waals surface area contributed by atoms with E-state index in [-0.39, 0.29) is 5.41 Å². The molecule has 0 aromatic rings. The number of hydrogen-bond acceptors (Lipinski definition) is 0. The third-order valence-corrected chi connectivity index (χ3v) is 32.4. The van der Waals surface area contributed by atoms with Gasteiger partial charge in [-0.25, -0.2) is 0 Å². The largest absolute Gasteiger partial charge is 0.106 e. The molecule has 9 rings (SSSR count). The first kappa shape index (κ1) is 118. The lowest BCUT2D eigenvalue weighted by Gasteiger charge is -2.45. The van der Waals surface area contributed by atoms with E-state index in [2.05, 4.69) is 334 Å². The van der Waals surface area contributed by atoms with Crippen molar-refractivity contribution in [1.82, 2.24) is 0 Å². The zero-order valence-corrected chi connectivity index (χ0v) is 89.2. The van der Waals surface area contributed by atoms with E-state index in [1.165, 1.54) is 218 Å². The molecule has 0 heterocycles. The van der Waals surface area contributed by atoms with Gasteiger partial charge in [-0.3, -0.25) is 0 Å². The fourth-order valence-electron chi connectivity index (χ4n) is 21.0. The highest BCUT2D eigenvalue weighted by atomic mass is 14.5.